The largest absolute Gasteiger partial charge is 0.756 e. The molecular formula is C49H94NO8P. The summed E-state index contributed by atoms with van der Waals surface area (Å²) in [4.78, 5) is 37.6. The number of esters is 2. The highest BCUT2D eigenvalue weighted by Gasteiger charge is 2.21. The Hall–Kier alpha value is -1.51. The van der Waals surface area contributed by atoms with Gasteiger partial charge in [0.2, 0.25) is 0 Å². The minimum absolute atomic E-state index is 0.0318. The van der Waals surface area contributed by atoms with Crippen LogP contribution in [0.25, 0.3) is 0 Å². The third-order valence-corrected chi connectivity index (χ3v) is 11.7. The molecule has 0 aromatic heterocycles. The molecule has 0 amide bonds. The summed E-state index contributed by atoms with van der Waals surface area (Å²) >= 11 is 0. The fraction of sp³-hybridized carbons (Fsp3) is 0.878. The summed E-state index contributed by atoms with van der Waals surface area (Å²) in [7, 11) is 1.16. The number of hydrogen-bond acceptors (Lipinski definition) is 8. The molecule has 0 aromatic rings. The molecule has 9 nitrogen and oxygen atoms in total. The number of phosphoric acid groups is 1. The van der Waals surface area contributed by atoms with Crippen molar-refractivity contribution in [1.29, 1.82) is 0 Å². The normalized spacial score (nSPS) is 13.7. The predicted octanol–water partition coefficient (Wildman–Crippen LogP) is 13.7. The molecule has 10 heteroatoms. The zero-order valence-corrected chi connectivity index (χ0v) is 40.1. The highest BCUT2D eigenvalue weighted by Crippen LogP contribution is 2.38. The van der Waals surface area contributed by atoms with Gasteiger partial charge in [-0.05, 0) is 38.5 Å². The van der Waals surface area contributed by atoms with Crippen LogP contribution in [0.5, 0.6) is 0 Å². The smallest absolute Gasteiger partial charge is 0.306 e. The van der Waals surface area contributed by atoms with Crippen LogP contribution in [-0.4, -0.2) is 70.0 Å². The summed E-state index contributed by atoms with van der Waals surface area (Å²) in [6, 6.07) is 0. The zero-order valence-electron chi connectivity index (χ0n) is 39.2. The second-order valence-corrected chi connectivity index (χ2v) is 19.2. The number of ether oxygens (including phenoxy) is 2. The first-order valence-corrected chi connectivity index (χ1v) is 26.0. The molecule has 59 heavy (non-hydrogen) atoms. The van der Waals surface area contributed by atoms with Gasteiger partial charge in [-0.25, -0.2) is 0 Å². The Labute approximate surface area is 364 Å². The third kappa shape index (κ3) is 45.8. The lowest BCUT2D eigenvalue weighted by atomic mass is 10.0. The van der Waals surface area contributed by atoms with Crippen LogP contribution in [0, 0.1) is 0 Å². The highest BCUT2D eigenvalue weighted by molar-refractivity contribution is 7.45. The Bertz CT molecular complexity index is 1060. The van der Waals surface area contributed by atoms with E-state index in [0.717, 1.165) is 64.2 Å². The molecule has 0 saturated heterocycles. The average molecular weight is 856 g/mol. The maximum atomic E-state index is 12.7. The third-order valence-electron chi connectivity index (χ3n) is 10.7. The van der Waals surface area contributed by atoms with Crippen LogP contribution in [-0.2, 0) is 32.7 Å². The number of nitrogens with zero attached hydrogens (tertiary/aromatic N) is 1. The molecule has 0 aliphatic rings. The quantitative estimate of drug-likeness (QED) is 0.0196. The minimum Gasteiger partial charge on any atom is -0.756 e. The van der Waals surface area contributed by atoms with Gasteiger partial charge in [0.25, 0.3) is 7.82 Å². The fourth-order valence-corrected chi connectivity index (χ4v) is 7.60. The zero-order chi connectivity index (χ0) is 43.6. The Kier molecular flexibility index (Phi) is 40.8. The standard InChI is InChI=1S/C49H94NO8P/c1-6-8-10-12-14-16-18-20-21-22-23-24-25-26-27-28-30-31-33-35-37-39-41-48(51)55-45-47(46-57-59(53,54)56-44-43-50(3,4)5)58-49(52)42-40-38-36-34-32-29-19-17-15-13-11-9-7-2/h11,13,17,19,47H,6-10,12,14-16,18,20-46H2,1-5H3/b13-11-,19-17-. The van der Waals surface area contributed by atoms with Crippen molar-refractivity contribution in [3.05, 3.63) is 24.3 Å². The predicted molar refractivity (Wildman–Crippen MR) is 245 cm³/mol. The number of rotatable bonds is 45. The van der Waals surface area contributed by atoms with Gasteiger partial charge >= 0.3 is 11.9 Å². The molecule has 0 radical (unpaired) electrons. The summed E-state index contributed by atoms with van der Waals surface area (Å²) in [6.07, 6.45) is 46.4. The summed E-state index contributed by atoms with van der Waals surface area (Å²) in [5.74, 6) is -0.841. The van der Waals surface area contributed by atoms with E-state index >= 15 is 0 Å². The van der Waals surface area contributed by atoms with Crippen molar-refractivity contribution >= 4 is 19.8 Å². The maximum Gasteiger partial charge on any atom is 0.306 e. The van der Waals surface area contributed by atoms with Gasteiger partial charge < -0.3 is 27.9 Å². The molecule has 0 rings (SSSR count). The second-order valence-electron chi connectivity index (χ2n) is 17.8. The molecule has 0 bridgehead atoms. The van der Waals surface area contributed by atoms with Crippen LogP contribution in [0.4, 0.5) is 0 Å². The number of allylic oxidation sites excluding steroid dienone is 4. The minimum atomic E-state index is -4.63. The average Bonchev–Trinajstić information content (AvgIpc) is 3.19. The van der Waals surface area contributed by atoms with Gasteiger partial charge in [-0.1, -0.05) is 199 Å². The van der Waals surface area contributed by atoms with Crippen molar-refractivity contribution in [3.8, 4) is 0 Å². The molecule has 0 heterocycles. The van der Waals surface area contributed by atoms with Crippen LogP contribution in [0.15, 0.2) is 24.3 Å². The summed E-state index contributed by atoms with van der Waals surface area (Å²) in [5, 5.41) is 0. The van der Waals surface area contributed by atoms with E-state index in [4.69, 9.17) is 18.5 Å². The summed E-state index contributed by atoms with van der Waals surface area (Å²) in [5.41, 5.74) is 0. The number of carbonyl (C=O) groups excluding carboxylic acids is 2. The maximum absolute atomic E-state index is 12.7. The van der Waals surface area contributed by atoms with Crippen molar-refractivity contribution in [2.75, 3.05) is 47.5 Å². The molecule has 2 unspecified atom stereocenters. The van der Waals surface area contributed by atoms with Crippen LogP contribution in [0.1, 0.15) is 226 Å². The molecule has 2 atom stereocenters. The lowest BCUT2D eigenvalue weighted by molar-refractivity contribution is -0.870. The van der Waals surface area contributed by atoms with Gasteiger partial charge in [-0.15, -0.1) is 0 Å². The Morgan fingerprint density at radius 1 is 0.525 bits per heavy atom. The van der Waals surface area contributed by atoms with Crippen molar-refractivity contribution in [3.63, 3.8) is 0 Å². The number of likely N-dealkylation sites (N-methyl/N-ethyl adjacent to an activating group) is 1. The van der Waals surface area contributed by atoms with E-state index in [1.54, 1.807) is 0 Å². The molecule has 0 fully saturated rings. The van der Waals surface area contributed by atoms with Crippen molar-refractivity contribution < 1.29 is 42.1 Å². The van der Waals surface area contributed by atoms with Crippen molar-refractivity contribution in [2.24, 2.45) is 0 Å². The van der Waals surface area contributed by atoms with Gasteiger partial charge in [0.1, 0.15) is 19.8 Å². The van der Waals surface area contributed by atoms with E-state index in [9.17, 15) is 19.0 Å². The summed E-state index contributed by atoms with van der Waals surface area (Å²) < 4.78 is 34.0. The van der Waals surface area contributed by atoms with E-state index in [1.165, 1.54) is 128 Å². The van der Waals surface area contributed by atoms with Crippen LogP contribution >= 0.6 is 7.82 Å². The number of unbranched alkanes of at least 4 members (excludes halogenated alkanes) is 27. The van der Waals surface area contributed by atoms with Crippen molar-refractivity contribution in [1.82, 2.24) is 0 Å². The van der Waals surface area contributed by atoms with E-state index in [0.29, 0.717) is 17.4 Å². The highest BCUT2D eigenvalue weighted by atomic mass is 31.2. The van der Waals surface area contributed by atoms with Crippen LogP contribution in [0.2, 0.25) is 0 Å². The van der Waals surface area contributed by atoms with Gasteiger partial charge in [0.05, 0.1) is 27.7 Å². The van der Waals surface area contributed by atoms with Crippen LogP contribution < -0.4 is 4.89 Å². The molecule has 0 aliphatic carbocycles. The fourth-order valence-electron chi connectivity index (χ4n) is 6.87. The second kappa shape index (κ2) is 41.8. The number of carbonyl (C=O) groups is 2. The number of quaternary nitrogens is 1. The lowest BCUT2D eigenvalue weighted by Crippen LogP contribution is -2.37. The Morgan fingerprint density at radius 3 is 1.41 bits per heavy atom. The first-order valence-electron chi connectivity index (χ1n) is 24.5. The molecule has 0 spiro atoms. The molecule has 0 aliphatic heterocycles. The van der Waals surface area contributed by atoms with E-state index in [1.807, 2.05) is 21.1 Å². The molecule has 0 aromatic carbocycles. The Morgan fingerprint density at radius 2 is 0.949 bits per heavy atom. The van der Waals surface area contributed by atoms with Gasteiger partial charge in [0.15, 0.2) is 6.10 Å². The monoisotopic (exact) mass is 856 g/mol. The molecule has 348 valence electrons. The first kappa shape index (κ1) is 57.5. The van der Waals surface area contributed by atoms with E-state index in [2.05, 4.69) is 38.2 Å². The van der Waals surface area contributed by atoms with Crippen LogP contribution in [0.3, 0.4) is 0 Å². The van der Waals surface area contributed by atoms with E-state index < -0.39 is 26.5 Å². The SMILES string of the molecule is CCC/C=C\C/C=C\CCCCCCCC(=O)OC(COC(=O)CCCCCCCCCCCCCCCCCCCCCCCC)COP(=O)([O-])OCC[N+](C)(C)C. The molecular weight excluding hydrogens is 762 g/mol. The summed E-state index contributed by atoms with van der Waals surface area (Å²) in [6.45, 7) is 4.18. The van der Waals surface area contributed by atoms with Gasteiger partial charge in [0, 0.05) is 12.8 Å². The number of hydrogen-bond donors (Lipinski definition) is 0. The molecule has 0 saturated carbocycles. The van der Waals surface area contributed by atoms with Crippen molar-refractivity contribution in [2.45, 2.75) is 232 Å². The van der Waals surface area contributed by atoms with E-state index in [-0.39, 0.29) is 32.0 Å². The number of phosphoric ester groups is 1. The lowest BCUT2D eigenvalue weighted by Gasteiger charge is -2.28. The van der Waals surface area contributed by atoms with Gasteiger partial charge in [-0.2, -0.15) is 0 Å². The van der Waals surface area contributed by atoms with Gasteiger partial charge in [-0.3, -0.25) is 14.2 Å². The first-order chi connectivity index (χ1) is 28.5. The molecule has 0 N–H and O–H groups in total. The Balaban J connectivity index is 4.19. The topological polar surface area (TPSA) is 111 Å².